The highest BCUT2D eigenvalue weighted by Crippen LogP contribution is 2.26. The van der Waals surface area contributed by atoms with Crippen molar-refractivity contribution in [3.63, 3.8) is 0 Å². The summed E-state index contributed by atoms with van der Waals surface area (Å²) in [7, 11) is -4.02. The molecule has 0 saturated heterocycles. The molecule has 0 aliphatic heterocycles. The van der Waals surface area contributed by atoms with E-state index >= 15 is 0 Å². The number of hydrogen-bond donors (Lipinski definition) is 1. The number of hydrogen-bond acceptors (Lipinski definition) is 6. The van der Waals surface area contributed by atoms with Gasteiger partial charge in [0, 0.05) is 25.2 Å². The highest BCUT2D eigenvalue weighted by molar-refractivity contribution is 7.92. The molecule has 1 atom stereocenters. The molecule has 0 heterocycles. The maximum Gasteiger partial charge on any atom is 0.271 e. The first kappa shape index (κ1) is 29.3. The van der Waals surface area contributed by atoms with Gasteiger partial charge in [0.25, 0.3) is 5.69 Å². The van der Waals surface area contributed by atoms with Crippen LogP contribution >= 0.6 is 23.2 Å². The topological polar surface area (TPSA) is 130 Å². The van der Waals surface area contributed by atoms with Gasteiger partial charge >= 0.3 is 0 Å². The fraction of sp³-hybridized carbons (Fsp3) is 0.391. The molecule has 0 radical (unpaired) electrons. The zero-order valence-electron chi connectivity index (χ0n) is 20.1. The lowest BCUT2D eigenvalue weighted by Gasteiger charge is -2.32. The number of nitrogens with zero attached hydrogens (tertiary/aromatic N) is 3. The Bertz CT molecular complexity index is 1220. The van der Waals surface area contributed by atoms with Crippen molar-refractivity contribution < 1.29 is 22.9 Å². The smallest absolute Gasteiger partial charge is 0.271 e. The summed E-state index contributed by atoms with van der Waals surface area (Å²) in [6.07, 6.45) is 1.85. The summed E-state index contributed by atoms with van der Waals surface area (Å²) in [5, 5.41) is 14.6. The molecule has 10 nitrogen and oxygen atoms in total. The van der Waals surface area contributed by atoms with Crippen LogP contribution in [0.5, 0.6) is 0 Å². The van der Waals surface area contributed by atoms with Gasteiger partial charge in [0.2, 0.25) is 21.8 Å². The molecule has 13 heteroatoms. The predicted molar refractivity (Wildman–Crippen MR) is 140 cm³/mol. The molecule has 0 aromatic heterocycles. The van der Waals surface area contributed by atoms with Crippen molar-refractivity contribution in [3.8, 4) is 0 Å². The van der Waals surface area contributed by atoms with Crippen LogP contribution in [0.3, 0.4) is 0 Å². The molecule has 2 amide bonds. The number of carbonyl (C=O) groups excluding carboxylic acids is 2. The van der Waals surface area contributed by atoms with E-state index in [-0.39, 0.29) is 35.3 Å². The van der Waals surface area contributed by atoms with Crippen LogP contribution in [-0.4, -0.2) is 55.4 Å². The minimum absolute atomic E-state index is 0.0414. The second-order valence-corrected chi connectivity index (χ2v) is 10.8. The van der Waals surface area contributed by atoms with E-state index in [2.05, 4.69) is 5.32 Å². The minimum atomic E-state index is -4.02. The molecule has 0 spiro atoms. The Hall–Kier alpha value is -2.89. The maximum absolute atomic E-state index is 13.6. The summed E-state index contributed by atoms with van der Waals surface area (Å²) in [5.74, 6) is -1.05. The zero-order chi connectivity index (χ0) is 27.0. The molecule has 0 saturated carbocycles. The van der Waals surface area contributed by atoms with Crippen molar-refractivity contribution in [2.24, 2.45) is 0 Å². The third-order valence-electron chi connectivity index (χ3n) is 5.28. The number of halogens is 2. The van der Waals surface area contributed by atoms with Gasteiger partial charge < -0.3 is 10.2 Å². The summed E-state index contributed by atoms with van der Waals surface area (Å²) >= 11 is 12.1. The molecule has 36 heavy (non-hydrogen) atoms. The van der Waals surface area contributed by atoms with Gasteiger partial charge in [-0.2, -0.15) is 0 Å². The van der Waals surface area contributed by atoms with Crippen LogP contribution in [0, 0.1) is 10.1 Å². The van der Waals surface area contributed by atoms with Crippen LogP contribution in [0.15, 0.2) is 42.5 Å². The Morgan fingerprint density at radius 3 is 2.36 bits per heavy atom. The van der Waals surface area contributed by atoms with Crippen LogP contribution in [0.2, 0.25) is 10.0 Å². The number of benzene rings is 2. The van der Waals surface area contributed by atoms with E-state index in [0.717, 1.165) is 16.6 Å². The summed E-state index contributed by atoms with van der Waals surface area (Å²) < 4.78 is 26.0. The van der Waals surface area contributed by atoms with Crippen molar-refractivity contribution in [1.82, 2.24) is 10.2 Å². The first-order valence-electron chi connectivity index (χ1n) is 11.1. The normalized spacial score (nSPS) is 12.0. The van der Waals surface area contributed by atoms with Crippen molar-refractivity contribution >= 4 is 56.4 Å². The molecule has 196 valence electrons. The van der Waals surface area contributed by atoms with E-state index in [1.54, 1.807) is 25.1 Å². The van der Waals surface area contributed by atoms with Crippen molar-refractivity contribution in [3.05, 3.63) is 68.2 Å². The van der Waals surface area contributed by atoms with Crippen LogP contribution in [0.4, 0.5) is 11.4 Å². The highest BCUT2D eigenvalue weighted by atomic mass is 35.5. The Morgan fingerprint density at radius 1 is 1.11 bits per heavy atom. The van der Waals surface area contributed by atoms with E-state index in [1.165, 1.54) is 23.1 Å². The second kappa shape index (κ2) is 12.9. The number of sulfonamides is 1. The standard InChI is InChI=1S/C23H28Cl2N4O6S/c1-4-11-26-23(31)21(5-2)27(14-16-9-10-19(24)20(25)12-16)22(30)15-28(36(3,34)35)17-7-6-8-18(13-17)29(32)33/h6-10,12-13,21H,4-5,11,14-15H2,1-3H3,(H,26,31). The number of nitro groups is 1. The van der Waals surface area contributed by atoms with Gasteiger partial charge in [-0.1, -0.05) is 49.2 Å². The number of amides is 2. The van der Waals surface area contributed by atoms with Crippen LogP contribution in [-0.2, 0) is 26.2 Å². The van der Waals surface area contributed by atoms with Gasteiger partial charge in [-0.3, -0.25) is 24.0 Å². The Balaban J connectivity index is 2.48. The average Bonchev–Trinajstić information content (AvgIpc) is 2.82. The molecule has 1 N–H and O–H groups in total. The number of non-ortho nitro benzene ring substituents is 1. The number of nitro benzene ring substituents is 1. The maximum atomic E-state index is 13.6. The second-order valence-electron chi connectivity index (χ2n) is 8.03. The van der Waals surface area contributed by atoms with E-state index in [9.17, 15) is 28.1 Å². The third-order valence-corrected chi connectivity index (χ3v) is 7.16. The molecule has 2 rings (SSSR count). The lowest BCUT2D eigenvalue weighted by atomic mass is 10.1. The minimum Gasteiger partial charge on any atom is -0.354 e. The molecule has 0 aliphatic rings. The van der Waals surface area contributed by atoms with E-state index in [1.807, 2.05) is 6.92 Å². The molecule has 0 aliphatic carbocycles. The fourth-order valence-electron chi connectivity index (χ4n) is 3.50. The molecule has 0 bridgehead atoms. The zero-order valence-corrected chi connectivity index (χ0v) is 22.4. The van der Waals surface area contributed by atoms with Crippen LogP contribution in [0.25, 0.3) is 0 Å². The molecular weight excluding hydrogens is 531 g/mol. The quantitative estimate of drug-likeness (QED) is 0.309. The van der Waals surface area contributed by atoms with Gasteiger partial charge in [-0.05, 0) is 36.6 Å². The van der Waals surface area contributed by atoms with Crippen molar-refractivity contribution in [1.29, 1.82) is 0 Å². The van der Waals surface area contributed by atoms with Crippen LogP contribution in [0.1, 0.15) is 32.3 Å². The van der Waals surface area contributed by atoms with Gasteiger partial charge in [0.05, 0.1) is 26.9 Å². The molecule has 0 fully saturated rings. The third kappa shape index (κ3) is 7.81. The van der Waals surface area contributed by atoms with Crippen molar-refractivity contribution in [2.45, 2.75) is 39.3 Å². The van der Waals surface area contributed by atoms with Gasteiger partial charge in [0.15, 0.2) is 0 Å². The number of anilines is 1. The number of rotatable bonds is 12. The summed E-state index contributed by atoms with van der Waals surface area (Å²) in [5.41, 5.74) is 0.213. The molecule has 2 aromatic rings. The first-order chi connectivity index (χ1) is 16.9. The lowest BCUT2D eigenvalue weighted by molar-refractivity contribution is -0.384. The van der Waals surface area contributed by atoms with Gasteiger partial charge in [-0.25, -0.2) is 8.42 Å². The Kier molecular flexibility index (Phi) is 10.5. The van der Waals surface area contributed by atoms with Gasteiger partial charge in [-0.15, -0.1) is 0 Å². The summed E-state index contributed by atoms with van der Waals surface area (Å²) in [6, 6.07) is 8.86. The first-order valence-corrected chi connectivity index (χ1v) is 13.7. The predicted octanol–water partition coefficient (Wildman–Crippen LogP) is 4.00. The monoisotopic (exact) mass is 558 g/mol. The molecule has 1 unspecified atom stereocenters. The molecule has 2 aromatic carbocycles. The number of carbonyl (C=O) groups is 2. The molecular formula is C23H28Cl2N4O6S. The van der Waals surface area contributed by atoms with Crippen LogP contribution < -0.4 is 9.62 Å². The van der Waals surface area contributed by atoms with Crippen molar-refractivity contribution in [2.75, 3.05) is 23.7 Å². The van der Waals surface area contributed by atoms with E-state index < -0.39 is 33.4 Å². The Morgan fingerprint density at radius 2 is 1.81 bits per heavy atom. The largest absolute Gasteiger partial charge is 0.354 e. The summed E-state index contributed by atoms with van der Waals surface area (Å²) in [6.45, 7) is 3.33. The SMILES string of the molecule is CCCNC(=O)C(CC)N(Cc1ccc(Cl)c(Cl)c1)C(=O)CN(c1cccc([N+](=O)[O-])c1)S(C)(=O)=O. The average molecular weight is 559 g/mol. The Labute approximate surface area is 220 Å². The fourth-order valence-corrected chi connectivity index (χ4v) is 4.66. The van der Waals surface area contributed by atoms with Gasteiger partial charge in [0.1, 0.15) is 12.6 Å². The highest BCUT2D eigenvalue weighted by Gasteiger charge is 2.32. The number of nitrogens with one attached hydrogen (secondary N) is 1. The summed E-state index contributed by atoms with van der Waals surface area (Å²) in [4.78, 5) is 38.3. The lowest BCUT2D eigenvalue weighted by Crippen LogP contribution is -2.52. The van der Waals surface area contributed by atoms with E-state index in [0.29, 0.717) is 23.6 Å². The van der Waals surface area contributed by atoms with E-state index in [4.69, 9.17) is 23.2 Å².